The van der Waals surface area contributed by atoms with Crippen LogP contribution in [0.3, 0.4) is 0 Å². The van der Waals surface area contributed by atoms with Gasteiger partial charge in [-0.05, 0) is 32.0 Å². The third-order valence-corrected chi connectivity index (χ3v) is 4.29. The zero-order chi connectivity index (χ0) is 13.2. The van der Waals surface area contributed by atoms with E-state index in [1.165, 1.54) is 3.97 Å². The Labute approximate surface area is 107 Å². The molecular formula is C13H16N2O2S. The average molecular weight is 264 g/mol. The number of hydrogen-bond acceptors (Lipinski definition) is 3. The second kappa shape index (κ2) is 4.86. The molecule has 1 N–H and O–H groups in total. The van der Waals surface area contributed by atoms with Crippen LogP contribution in [0.25, 0.3) is 0 Å². The Morgan fingerprint density at radius 1 is 1.17 bits per heavy atom. The summed E-state index contributed by atoms with van der Waals surface area (Å²) in [6.45, 7) is 4.65. The van der Waals surface area contributed by atoms with Crippen LogP contribution in [0.15, 0.2) is 47.6 Å². The lowest BCUT2D eigenvalue weighted by Gasteiger charge is -2.05. The summed E-state index contributed by atoms with van der Waals surface area (Å²) in [5, 5.41) is 3.08. The standard InChI is InChI=1S/C13H16N2O2S/c1-3-14-12-8-9-15(10-12)18(16,17)13-6-4-11(2)5-7-13/h4-10,14H,3H2,1-2H3. The molecular weight excluding hydrogens is 248 g/mol. The van der Waals surface area contributed by atoms with E-state index in [4.69, 9.17) is 0 Å². The predicted octanol–water partition coefficient (Wildman–Crippen LogP) is 2.47. The Morgan fingerprint density at radius 3 is 2.44 bits per heavy atom. The molecule has 18 heavy (non-hydrogen) atoms. The maximum absolute atomic E-state index is 12.3. The van der Waals surface area contributed by atoms with Crippen LogP contribution < -0.4 is 5.32 Å². The summed E-state index contributed by atoms with van der Waals surface area (Å²) < 4.78 is 25.8. The molecule has 0 aliphatic heterocycles. The molecule has 1 heterocycles. The zero-order valence-corrected chi connectivity index (χ0v) is 11.2. The average Bonchev–Trinajstić information content (AvgIpc) is 2.79. The highest BCUT2D eigenvalue weighted by Gasteiger charge is 2.16. The van der Waals surface area contributed by atoms with E-state index in [0.29, 0.717) is 4.90 Å². The zero-order valence-electron chi connectivity index (χ0n) is 10.4. The van der Waals surface area contributed by atoms with E-state index in [-0.39, 0.29) is 0 Å². The van der Waals surface area contributed by atoms with Crippen molar-refractivity contribution in [2.24, 2.45) is 0 Å². The molecule has 0 fully saturated rings. The second-order valence-electron chi connectivity index (χ2n) is 4.08. The molecule has 96 valence electrons. The largest absolute Gasteiger partial charge is 0.384 e. The molecule has 5 heteroatoms. The van der Waals surface area contributed by atoms with Crippen LogP contribution >= 0.6 is 0 Å². The van der Waals surface area contributed by atoms with E-state index in [9.17, 15) is 8.42 Å². The number of aromatic nitrogens is 1. The fourth-order valence-corrected chi connectivity index (χ4v) is 2.86. The normalized spacial score (nSPS) is 11.4. The summed E-state index contributed by atoms with van der Waals surface area (Å²) in [7, 11) is -3.48. The van der Waals surface area contributed by atoms with Crippen molar-refractivity contribution >= 4 is 15.7 Å². The molecule has 1 aromatic heterocycles. The molecule has 0 bridgehead atoms. The van der Waals surface area contributed by atoms with Crippen LogP contribution in [0.5, 0.6) is 0 Å². The molecule has 2 aromatic rings. The number of hydrogen-bond donors (Lipinski definition) is 1. The van der Waals surface area contributed by atoms with E-state index in [1.807, 2.05) is 13.8 Å². The minimum Gasteiger partial charge on any atom is -0.384 e. The van der Waals surface area contributed by atoms with Crippen molar-refractivity contribution in [2.75, 3.05) is 11.9 Å². The van der Waals surface area contributed by atoms with Gasteiger partial charge < -0.3 is 5.32 Å². The fourth-order valence-electron chi connectivity index (χ4n) is 1.67. The smallest absolute Gasteiger partial charge is 0.267 e. The lowest BCUT2D eigenvalue weighted by atomic mass is 10.2. The molecule has 0 aliphatic rings. The van der Waals surface area contributed by atoms with E-state index >= 15 is 0 Å². The molecule has 1 aromatic carbocycles. The molecule has 0 unspecified atom stereocenters. The highest BCUT2D eigenvalue weighted by atomic mass is 32.2. The molecule has 2 rings (SSSR count). The first-order valence-corrected chi connectivity index (χ1v) is 7.22. The lowest BCUT2D eigenvalue weighted by Crippen LogP contribution is -2.10. The van der Waals surface area contributed by atoms with Gasteiger partial charge in [0.25, 0.3) is 10.0 Å². The van der Waals surface area contributed by atoms with Gasteiger partial charge in [0.2, 0.25) is 0 Å². The van der Waals surface area contributed by atoms with Gasteiger partial charge in [0.15, 0.2) is 0 Å². The van der Waals surface area contributed by atoms with Crippen LogP contribution in [-0.2, 0) is 10.0 Å². The van der Waals surface area contributed by atoms with Crippen molar-refractivity contribution in [1.29, 1.82) is 0 Å². The first-order valence-electron chi connectivity index (χ1n) is 5.78. The van der Waals surface area contributed by atoms with Gasteiger partial charge in [-0.2, -0.15) is 0 Å². The van der Waals surface area contributed by atoms with E-state index in [0.717, 1.165) is 17.8 Å². The van der Waals surface area contributed by atoms with Crippen molar-refractivity contribution in [3.63, 3.8) is 0 Å². The molecule has 0 saturated heterocycles. The fraction of sp³-hybridized carbons (Fsp3) is 0.231. The summed E-state index contributed by atoms with van der Waals surface area (Å²) in [6, 6.07) is 8.58. The number of benzene rings is 1. The highest BCUT2D eigenvalue weighted by Crippen LogP contribution is 2.17. The van der Waals surface area contributed by atoms with Crippen LogP contribution in [0.2, 0.25) is 0 Å². The molecule has 0 amide bonds. The van der Waals surface area contributed by atoms with Gasteiger partial charge in [-0.1, -0.05) is 17.7 Å². The third-order valence-electron chi connectivity index (χ3n) is 2.64. The Kier molecular flexibility index (Phi) is 3.43. The minimum atomic E-state index is -3.48. The molecule has 0 atom stereocenters. The molecule has 0 aliphatic carbocycles. The number of nitrogens with zero attached hydrogens (tertiary/aromatic N) is 1. The monoisotopic (exact) mass is 264 g/mol. The van der Waals surface area contributed by atoms with Gasteiger partial charge in [0.1, 0.15) is 0 Å². The predicted molar refractivity (Wildman–Crippen MR) is 72.4 cm³/mol. The molecule has 0 saturated carbocycles. The SMILES string of the molecule is CCNc1ccn(S(=O)(=O)c2ccc(C)cc2)c1. The van der Waals surface area contributed by atoms with Gasteiger partial charge >= 0.3 is 0 Å². The van der Waals surface area contributed by atoms with Crippen LogP contribution in [0.1, 0.15) is 12.5 Å². The van der Waals surface area contributed by atoms with Gasteiger partial charge in [0.05, 0.1) is 10.6 Å². The first-order chi connectivity index (χ1) is 8.54. The Morgan fingerprint density at radius 2 is 1.83 bits per heavy atom. The summed E-state index contributed by atoms with van der Waals surface area (Å²) in [5.74, 6) is 0. The van der Waals surface area contributed by atoms with E-state index < -0.39 is 10.0 Å². The van der Waals surface area contributed by atoms with Crippen molar-refractivity contribution in [3.8, 4) is 0 Å². The first kappa shape index (κ1) is 12.7. The van der Waals surface area contributed by atoms with Gasteiger partial charge in [-0.15, -0.1) is 0 Å². The van der Waals surface area contributed by atoms with Crippen molar-refractivity contribution < 1.29 is 8.42 Å². The quantitative estimate of drug-likeness (QED) is 0.923. The maximum atomic E-state index is 12.3. The number of aryl methyl sites for hydroxylation is 1. The Balaban J connectivity index is 2.38. The van der Waals surface area contributed by atoms with E-state index in [1.54, 1.807) is 42.7 Å². The minimum absolute atomic E-state index is 0.298. The van der Waals surface area contributed by atoms with Crippen LogP contribution in [0, 0.1) is 6.92 Å². The third kappa shape index (κ3) is 2.41. The highest BCUT2D eigenvalue weighted by molar-refractivity contribution is 7.90. The molecule has 0 spiro atoms. The van der Waals surface area contributed by atoms with Crippen molar-refractivity contribution in [2.45, 2.75) is 18.7 Å². The molecule has 4 nitrogen and oxygen atoms in total. The summed E-state index contributed by atoms with van der Waals surface area (Å²) >= 11 is 0. The topological polar surface area (TPSA) is 51.1 Å². The summed E-state index contributed by atoms with van der Waals surface area (Å²) in [6.07, 6.45) is 3.13. The van der Waals surface area contributed by atoms with Crippen LogP contribution in [0.4, 0.5) is 5.69 Å². The van der Waals surface area contributed by atoms with Gasteiger partial charge in [-0.3, -0.25) is 0 Å². The van der Waals surface area contributed by atoms with Crippen molar-refractivity contribution in [1.82, 2.24) is 3.97 Å². The molecule has 0 radical (unpaired) electrons. The van der Waals surface area contributed by atoms with E-state index in [2.05, 4.69) is 5.32 Å². The van der Waals surface area contributed by atoms with Gasteiger partial charge in [-0.25, -0.2) is 12.4 Å². The van der Waals surface area contributed by atoms with Gasteiger partial charge in [0, 0.05) is 18.9 Å². The lowest BCUT2D eigenvalue weighted by molar-refractivity contribution is 0.587. The summed E-state index contributed by atoms with van der Waals surface area (Å²) in [5.41, 5.74) is 1.84. The Bertz CT molecular complexity index is 627. The second-order valence-corrected chi connectivity index (χ2v) is 5.92. The van der Waals surface area contributed by atoms with Crippen LogP contribution in [-0.4, -0.2) is 18.9 Å². The number of rotatable bonds is 4. The number of anilines is 1. The maximum Gasteiger partial charge on any atom is 0.267 e. The number of nitrogens with one attached hydrogen (secondary N) is 1. The van der Waals surface area contributed by atoms with Crippen molar-refractivity contribution in [3.05, 3.63) is 48.3 Å². The Hall–Kier alpha value is -1.75. The summed E-state index contributed by atoms with van der Waals surface area (Å²) in [4.78, 5) is 0.298.